The van der Waals surface area contributed by atoms with Crippen LogP contribution in [0.3, 0.4) is 0 Å². The normalized spacial score (nSPS) is 12.0. The molecule has 0 fully saturated rings. The smallest absolute Gasteiger partial charge is 0.260 e. The van der Waals surface area contributed by atoms with Gasteiger partial charge in [0.2, 0.25) is 0 Å². The van der Waals surface area contributed by atoms with Gasteiger partial charge in [-0.3, -0.25) is 4.79 Å². The SMILES string of the molecule is CC(Oc1ccc(F)cc1Cl)C(=O)NCCc1cscn1. The number of benzene rings is 1. The number of carbonyl (C=O) groups is 1. The summed E-state index contributed by atoms with van der Waals surface area (Å²) < 4.78 is 18.3. The third kappa shape index (κ3) is 4.68. The number of halogens is 2. The maximum atomic E-state index is 12.9. The lowest BCUT2D eigenvalue weighted by atomic mass is 10.3. The molecule has 1 heterocycles. The van der Waals surface area contributed by atoms with Gasteiger partial charge in [-0.2, -0.15) is 0 Å². The van der Waals surface area contributed by atoms with E-state index in [-0.39, 0.29) is 16.7 Å². The summed E-state index contributed by atoms with van der Waals surface area (Å²) in [6, 6.07) is 3.77. The van der Waals surface area contributed by atoms with E-state index in [4.69, 9.17) is 16.3 Å². The number of nitrogens with one attached hydrogen (secondary N) is 1. The van der Waals surface area contributed by atoms with Crippen LogP contribution in [0.1, 0.15) is 12.6 Å². The molecule has 1 aromatic carbocycles. The summed E-state index contributed by atoms with van der Waals surface area (Å²) in [6.07, 6.45) is -0.0531. The van der Waals surface area contributed by atoms with Crippen LogP contribution in [0.25, 0.3) is 0 Å². The fourth-order valence-corrected chi connectivity index (χ4v) is 2.44. The van der Waals surface area contributed by atoms with Gasteiger partial charge in [-0.05, 0) is 25.1 Å². The van der Waals surface area contributed by atoms with Gasteiger partial charge in [0.1, 0.15) is 11.6 Å². The number of nitrogens with zero attached hydrogens (tertiary/aromatic N) is 1. The molecule has 1 aromatic heterocycles. The molecule has 0 aliphatic heterocycles. The van der Waals surface area contributed by atoms with E-state index < -0.39 is 11.9 Å². The Labute approximate surface area is 130 Å². The first kappa shape index (κ1) is 15.7. The van der Waals surface area contributed by atoms with Crippen molar-refractivity contribution in [2.45, 2.75) is 19.4 Å². The molecule has 2 aromatic rings. The molecule has 1 amide bonds. The second-order valence-electron chi connectivity index (χ2n) is 4.36. The van der Waals surface area contributed by atoms with Crippen molar-refractivity contribution in [2.75, 3.05) is 6.54 Å². The van der Waals surface area contributed by atoms with Crippen LogP contribution in [-0.4, -0.2) is 23.5 Å². The fourth-order valence-electron chi connectivity index (χ4n) is 1.63. The molecule has 1 unspecified atom stereocenters. The largest absolute Gasteiger partial charge is 0.479 e. The van der Waals surface area contributed by atoms with E-state index in [2.05, 4.69) is 10.3 Å². The number of rotatable bonds is 6. The summed E-state index contributed by atoms with van der Waals surface area (Å²) in [6.45, 7) is 2.09. The Morgan fingerprint density at radius 2 is 2.38 bits per heavy atom. The van der Waals surface area contributed by atoms with Crippen molar-refractivity contribution in [2.24, 2.45) is 0 Å². The van der Waals surface area contributed by atoms with Crippen molar-refractivity contribution in [1.82, 2.24) is 10.3 Å². The molecule has 0 aliphatic rings. The van der Waals surface area contributed by atoms with Gasteiger partial charge >= 0.3 is 0 Å². The zero-order chi connectivity index (χ0) is 15.2. The first-order chi connectivity index (χ1) is 10.1. The second-order valence-corrected chi connectivity index (χ2v) is 5.48. The highest BCUT2D eigenvalue weighted by atomic mass is 35.5. The Morgan fingerprint density at radius 3 is 3.05 bits per heavy atom. The average molecular weight is 329 g/mol. The van der Waals surface area contributed by atoms with Crippen LogP contribution in [0.2, 0.25) is 5.02 Å². The van der Waals surface area contributed by atoms with Crippen molar-refractivity contribution in [3.63, 3.8) is 0 Å². The molecule has 0 radical (unpaired) electrons. The Bertz CT molecular complexity index is 607. The lowest BCUT2D eigenvalue weighted by Crippen LogP contribution is -2.37. The lowest BCUT2D eigenvalue weighted by molar-refractivity contribution is -0.127. The summed E-state index contributed by atoms with van der Waals surface area (Å²) >= 11 is 7.36. The first-order valence-corrected chi connectivity index (χ1v) is 7.65. The minimum absolute atomic E-state index is 0.136. The summed E-state index contributed by atoms with van der Waals surface area (Å²) in [7, 11) is 0. The quantitative estimate of drug-likeness (QED) is 0.886. The molecular weight excluding hydrogens is 315 g/mol. The van der Waals surface area contributed by atoms with E-state index in [1.165, 1.54) is 23.5 Å². The predicted octanol–water partition coefficient (Wildman–Crippen LogP) is 3.06. The highest BCUT2D eigenvalue weighted by molar-refractivity contribution is 7.07. The number of amides is 1. The van der Waals surface area contributed by atoms with E-state index in [1.54, 1.807) is 12.4 Å². The van der Waals surface area contributed by atoms with E-state index in [0.717, 1.165) is 11.8 Å². The standard InChI is InChI=1S/C14H14ClFN2O2S/c1-9(20-13-3-2-10(16)6-12(13)15)14(19)17-5-4-11-7-21-8-18-11/h2-3,6-9H,4-5H2,1H3,(H,17,19). The van der Waals surface area contributed by atoms with Gasteiger partial charge in [-0.15, -0.1) is 11.3 Å². The lowest BCUT2D eigenvalue weighted by Gasteiger charge is -2.15. The maximum absolute atomic E-state index is 12.9. The second kappa shape index (κ2) is 7.38. The van der Waals surface area contributed by atoms with Gasteiger partial charge in [-0.1, -0.05) is 11.6 Å². The third-order valence-electron chi connectivity index (χ3n) is 2.73. The number of ether oxygens (including phenoxy) is 1. The molecule has 7 heteroatoms. The first-order valence-electron chi connectivity index (χ1n) is 6.32. The Balaban J connectivity index is 1.81. The molecule has 0 spiro atoms. The fraction of sp³-hybridized carbons (Fsp3) is 0.286. The molecule has 1 atom stereocenters. The Kier molecular flexibility index (Phi) is 5.52. The number of hydrogen-bond donors (Lipinski definition) is 1. The van der Waals surface area contributed by atoms with Crippen molar-refractivity contribution >= 4 is 28.8 Å². The topological polar surface area (TPSA) is 51.2 Å². The van der Waals surface area contributed by atoms with E-state index in [1.807, 2.05) is 5.38 Å². The van der Waals surface area contributed by atoms with E-state index in [0.29, 0.717) is 13.0 Å². The van der Waals surface area contributed by atoms with Crippen LogP contribution in [-0.2, 0) is 11.2 Å². The van der Waals surface area contributed by atoms with E-state index in [9.17, 15) is 9.18 Å². The molecule has 0 aliphatic carbocycles. The maximum Gasteiger partial charge on any atom is 0.260 e. The predicted molar refractivity (Wildman–Crippen MR) is 80.3 cm³/mol. The van der Waals surface area contributed by atoms with Crippen LogP contribution in [0.15, 0.2) is 29.1 Å². The number of carbonyl (C=O) groups excluding carboxylic acids is 1. The Morgan fingerprint density at radius 1 is 1.57 bits per heavy atom. The minimum Gasteiger partial charge on any atom is -0.479 e. The zero-order valence-electron chi connectivity index (χ0n) is 11.3. The summed E-state index contributed by atoms with van der Waals surface area (Å²) in [5, 5.41) is 4.83. The third-order valence-corrected chi connectivity index (χ3v) is 3.66. The van der Waals surface area contributed by atoms with E-state index >= 15 is 0 Å². The molecule has 0 saturated heterocycles. The average Bonchev–Trinajstić information content (AvgIpc) is 2.95. The summed E-state index contributed by atoms with van der Waals surface area (Å²) in [5.41, 5.74) is 2.69. The molecular formula is C14H14ClFN2O2S. The summed E-state index contributed by atoms with van der Waals surface area (Å²) in [5.74, 6) is -0.432. The van der Waals surface area contributed by atoms with Crippen LogP contribution in [0.4, 0.5) is 4.39 Å². The summed E-state index contributed by atoms with van der Waals surface area (Å²) in [4.78, 5) is 16.0. The number of aromatic nitrogens is 1. The van der Waals surface area contributed by atoms with Crippen molar-refractivity contribution in [3.05, 3.63) is 45.6 Å². The molecule has 2 rings (SSSR count). The minimum atomic E-state index is -0.719. The number of hydrogen-bond acceptors (Lipinski definition) is 4. The molecule has 21 heavy (non-hydrogen) atoms. The molecule has 0 bridgehead atoms. The van der Waals surface area contributed by atoms with Crippen LogP contribution < -0.4 is 10.1 Å². The van der Waals surface area contributed by atoms with Gasteiger partial charge in [0.25, 0.3) is 5.91 Å². The van der Waals surface area contributed by atoms with Gasteiger partial charge < -0.3 is 10.1 Å². The zero-order valence-corrected chi connectivity index (χ0v) is 12.9. The van der Waals surface area contributed by atoms with Crippen LogP contribution in [0.5, 0.6) is 5.75 Å². The molecule has 4 nitrogen and oxygen atoms in total. The monoisotopic (exact) mass is 328 g/mol. The van der Waals surface area contributed by atoms with Crippen molar-refractivity contribution in [1.29, 1.82) is 0 Å². The van der Waals surface area contributed by atoms with Gasteiger partial charge in [0, 0.05) is 18.3 Å². The highest BCUT2D eigenvalue weighted by Gasteiger charge is 2.16. The van der Waals surface area contributed by atoms with Gasteiger partial charge in [0.05, 0.1) is 16.2 Å². The Hall–Kier alpha value is -1.66. The molecule has 1 N–H and O–H groups in total. The highest BCUT2D eigenvalue weighted by Crippen LogP contribution is 2.25. The van der Waals surface area contributed by atoms with Crippen molar-refractivity contribution < 1.29 is 13.9 Å². The van der Waals surface area contributed by atoms with Crippen LogP contribution >= 0.6 is 22.9 Å². The van der Waals surface area contributed by atoms with Crippen molar-refractivity contribution in [3.8, 4) is 5.75 Å². The molecule has 112 valence electrons. The molecule has 0 saturated carbocycles. The number of thiazole rings is 1. The van der Waals surface area contributed by atoms with Gasteiger partial charge in [0.15, 0.2) is 6.10 Å². The van der Waals surface area contributed by atoms with Gasteiger partial charge in [-0.25, -0.2) is 9.37 Å². The van der Waals surface area contributed by atoms with Crippen LogP contribution in [0, 0.1) is 5.82 Å².